The Bertz CT molecular complexity index is 1130. The van der Waals surface area contributed by atoms with Crippen LogP contribution in [0.2, 0.25) is 0 Å². The lowest BCUT2D eigenvalue weighted by Crippen LogP contribution is -2.47. The Morgan fingerprint density at radius 1 is 1.06 bits per heavy atom. The molecular formula is C26H26N2O5S. The zero-order valence-electron chi connectivity index (χ0n) is 18.8. The third-order valence-electron chi connectivity index (χ3n) is 5.96. The molecule has 176 valence electrons. The monoisotopic (exact) mass is 478 g/mol. The Morgan fingerprint density at radius 3 is 2.29 bits per heavy atom. The van der Waals surface area contributed by atoms with Gasteiger partial charge in [0, 0.05) is 25.9 Å². The fourth-order valence-corrected chi connectivity index (χ4v) is 4.97. The van der Waals surface area contributed by atoms with Crippen molar-refractivity contribution >= 4 is 29.3 Å². The zero-order valence-corrected chi connectivity index (χ0v) is 19.6. The summed E-state index contributed by atoms with van der Waals surface area (Å²) < 4.78 is 5.55. The van der Waals surface area contributed by atoms with Crippen LogP contribution in [0, 0.1) is 0 Å². The number of aliphatic carboxylic acids is 1. The number of fused-ring (bicyclic) bond motifs is 3. The molecular weight excluding hydrogens is 452 g/mol. The third kappa shape index (κ3) is 5.28. The number of alkyl carbamates (subject to hydrolysis) is 1. The number of likely N-dealkylation sites (N-methyl/N-ethyl adjacent to an activating group) is 1. The number of benzene rings is 2. The second-order valence-corrected chi connectivity index (χ2v) is 9.06. The average Bonchev–Trinajstić information content (AvgIpc) is 3.46. The highest BCUT2D eigenvalue weighted by Gasteiger charge is 2.30. The van der Waals surface area contributed by atoms with E-state index in [1.54, 1.807) is 7.05 Å². The van der Waals surface area contributed by atoms with Crippen LogP contribution in [0.3, 0.4) is 0 Å². The molecule has 1 aliphatic rings. The molecule has 1 aromatic heterocycles. The number of hydrogen-bond acceptors (Lipinski definition) is 5. The molecule has 0 saturated carbocycles. The number of ether oxygens (including phenoxy) is 1. The second-order valence-electron chi connectivity index (χ2n) is 8.28. The van der Waals surface area contributed by atoms with Gasteiger partial charge in [0.2, 0.25) is 5.91 Å². The van der Waals surface area contributed by atoms with E-state index in [2.05, 4.69) is 17.4 Å². The Labute approximate surface area is 202 Å². The molecule has 1 atom stereocenters. The van der Waals surface area contributed by atoms with E-state index in [0.29, 0.717) is 6.54 Å². The summed E-state index contributed by atoms with van der Waals surface area (Å²) >= 11 is 1.53. The van der Waals surface area contributed by atoms with Crippen molar-refractivity contribution in [2.24, 2.45) is 0 Å². The summed E-state index contributed by atoms with van der Waals surface area (Å²) in [5.74, 6) is -1.50. The van der Waals surface area contributed by atoms with Crippen LogP contribution < -0.4 is 5.32 Å². The summed E-state index contributed by atoms with van der Waals surface area (Å²) in [6, 6.07) is 17.0. The number of carboxylic acids is 1. The molecule has 0 bridgehead atoms. The lowest BCUT2D eigenvalue weighted by atomic mass is 9.98. The summed E-state index contributed by atoms with van der Waals surface area (Å²) in [7, 11) is 1.63. The van der Waals surface area contributed by atoms with Crippen molar-refractivity contribution in [3.8, 4) is 11.1 Å². The van der Waals surface area contributed by atoms with Gasteiger partial charge in [-0.3, -0.25) is 9.59 Å². The molecule has 2 N–H and O–H groups in total. The molecule has 0 radical (unpaired) electrons. The predicted molar refractivity (Wildman–Crippen MR) is 130 cm³/mol. The van der Waals surface area contributed by atoms with Gasteiger partial charge in [-0.2, -0.15) is 11.3 Å². The number of carbonyl (C=O) groups excluding carboxylic acids is 2. The highest BCUT2D eigenvalue weighted by atomic mass is 32.1. The number of nitrogens with zero attached hydrogens (tertiary/aromatic N) is 1. The zero-order chi connectivity index (χ0) is 24.1. The largest absolute Gasteiger partial charge is 0.481 e. The van der Waals surface area contributed by atoms with Gasteiger partial charge < -0.3 is 20.1 Å². The first-order valence-electron chi connectivity index (χ1n) is 11.0. The predicted octanol–water partition coefficient (Wildman–Crippen LogP) is 4.48. The van der Waals surface area contributed by atoms with E-state index in [4.69, 9.17) is 9.84 Å². The van der Waals surface area contributed by atoms with Gasteiger partial charge in [-0.1, -0.05) is 48.5 Å². The number of carboxylic acid groups (broad SMARTS) is 1. The first-order valence-corrected chi connectivity index (χ1v) is 12.0. The average molecular weight is 479 g/mol. The highest BCUT2D eigenvalue weighted by molar-refractivity contribution is 7.07. The van der Waals surface area contributed by atoms with Crippen LogP contribution in [-0.2, 0) is 20.9 Å². The summed E-state index contributed by atoms with van der Waals surface area (Å²) in [5.41, 5.74) is 5.39. The second kappa shape index (κ2) is 10.5. The SMILES string of the molecule is CN(Cc1ccsc1)C(=O)C(CCC(=O)O)NC(=O)OCC1c2ccccc2-c2ccccc21. The van der Waals surface area contributed by atoms with Crippen molar-refractivity contribution in [1.82, 2.24) is 10.2 Å². The quantitative estimate of drug-likeness (QED) is 0.473. The molecule has 2 aromatic carbocycles. The van der Waals surface area contributed by atoms with Crippen LogP contribution in [0.5, 0.6) is 0 Å². The molecule has 0 saturated heterocycles. The van der Waals surface area contributed by atoms with E-state index in [9.17, 15) is 14.4 Å². The molecule has 7 nitrogen and oxygen atoms in total. The Kier molecular flexibility index (Phi) is 7.27. The van der Waals surface area contributed by atoms with Crippen LogP contribution in [-0.4, -0.2) is 47.7 Å². The van der Waals surface area contributed by atoms with Gasteiger partial charge in [0.05, 0.1) is 0 Å². The molecule has 8 heteroatoms. The Balaban J connectivity index is 1.41. The van der Waals surface area contributed by atoms with Gasteiger partial charge in [0.1, 0.15) is 12.6 Å². The Morgan fingerprint density at radius 2 is 1.71 bits per heavy atom. The van der Waals surface area contributed by atoms with E-state index < -0.39 is 18.1 Å². The van der Waals surface area contributed by atoms with Gasteiger partial charge in [-0.25, -0.2) is 4.79 Å². The van der Waals surface area contributed by atoms with Crippen molar-refractivity contribution in [1.29, 1.82) is 0 Å². The normalized spacial score (nSPS) is 13.0. The lowest BCUT2D eigenvalue weighted by molar-refractivity contribution is -0.138. The molecule has 1 unspecified atom stereocenters. The molecule has 0 spiro atoms. The van der Waals surface area contributed by atoms with Gasteiger partial charge in [0.25, 0.3) is 0 Å². The van der Waals surface area contributed by atoms with E-state index in [0.717, 1.165) is 27.8 Å². The maximum Gasteiger partial charge on any atom is 0.407 e. The van der Waals surface area contributed by atoms with Crippen molar-refractivity contribution < 1.29 is 24.2 Å². The molecule has 1 heterocycles. The fourth-order valence-electron chi connectivity index (χ4n) is 4.31. The van der Waals surface area contributed by atoms with Crippen LogP contribution in [0.25, 0.3) is 11.1 Å². The molecule has 1 aliphatic carbocycles. The molecule has 2 amide bonds. The Hall–Kier alpha value is -3.65. The van der Waals surface area contributed by atoms with Gasteiger partial charge >= 0.3 is 12.1 Å². The summed E-state index contributed by atoms with van der Waals surface area (Å²) in [4.78, 5) is 38.2. The molecule has 0 aliphatic heterocycles. The molecule has 3 aromatic rings. The van der Waals surface area contributed by atoms with Crippen LogP contribution in [0.1, 0.15) is 35.4 Å². The number of hydrogen-bond donors (Lipinski definition) is 2. The minimum absolute atomic E-state index is 0.0215. The van der Waals surface area contributed by atoms with Crippen LogP contribution in [0.4, 0.5) is 4.79 Å². The van der Waals surface area contributed by atoms with Crippen LogP contribution in [0.15, 0.2) is 65.4 Å². The third-order valence-corrected chi connectivity index (χ3v) is 6.69. The number of nitrogens with one attached hydrogen (secondary N) is 1. The topological polar surface area (TPSA) is 95.9 Å². The molecule has 4 rings (SSSR count). The lowest BCUT2D eigenvalue weighted by Gasteiger charge is -2.24. The van der Waals surface area contributed by atoms with Crippen molar-refractivity contribution in [2.45, 2.75) is 31.3 Å². The number of amides is 2. The first-order chi connectivity index (χ1) is 16.4. The van der Waals surface area contributed by atoms with Gasteiger partial charge in [-0.05, 0) is 51.1 Å². The van der Waals surface area contributed by atoms with Gasteiger partial charge in [-0.15, -0.1) is 0 Å². The highest BCUT2D eigenvalue weighted by Crippen LogP contribution is 2.44. The molecule has 0 fully saturated rings. The first kappa shape index (κ1) is 23.5. The fraction of sp³-hybridized carbons (Fsp3) is 0.269. The van der Waals surface area contributed by atoms with E-state index in [1.165, 1.54) is 16.2 Å². The van der Waals surface area contributed by atoms with Crippen LogP contribution >= 0.6 is 11.3 Å². The maximum absolute atomic E-state index is 13.0. The summed E-state index contributed by atoms with van der Waals surface area (Å²) in [5, 5.41) is 15.5. The van der Waals surface area contributed by atoms with Crippen molar-refractivity contribution in [3.05, 3.63) is 82.0 Å². The maximum atomic E-state index is 13.0. The number of carbonyl (C=O) groups is 3. The number of rotatable bonds is 9. The van der Waals surface area contributed by atoms with Crippen molar-refractivity contribution in [2.75, 3.05) is 13.7 Å². The standard InChI is InChI=1S/C26H26N2O5S/c1-28(14-17-12-13-34-16-17)25(31)23(10-11-24(29)30)27-26(32)33-15-22-20-8-4-2-6-18(20)19-7-3-5-9-21(19)22/h2-9,12-13,16,22-23H,10-11,14-15H2,1H3,(H,27,32)(H,29,30). The number of thiophene rings is 1. The summed E-state index contributed by atoms with van der Waals surface area (Å²) in [6.45, 7) is 0.489. The van der Waals surface area contributed by atoms with E-state index >= 15 is 0 Å². The smallest absolute Gasteiger partial charge is 0.407 e. The van der Waals surface area contributed by atoms with Gasteiger partial charge in [0.15, 0.2) is 0 Å². The minimum Gasteiger partial charge on any atom is -0.481 e. The summed E-state index contributed by atoms with van der Waals surface area (Å²) in [6.07, 6.45) is -1.01. The molecule has 34 heavy (non-hydrogen) atoms. The minimum atomic E-state index is -1.03. The van der Waals surface area contributed by atoms with E-state index in [-0.39, 0.29) is 31.3 Å². The van der Waals surface area contributed by atoms with E-state index in [1.807, 2.05) is 53.2 Å². The van der Waals surface area contributed by atoms with Crippen molar-refractivity contribution in [3.63, 3.8) is 0 Å².